The predicted molar refractivity (Wildman–Crippen MR) is 96.6 cm³/mol. The zero-order chi connectivity index (χ0) is 16.9. The Morgan fingerprint density at radius 2 is 1.50 bits per heavy atom. The molecule has 1 aliphatic rings. The SMILES string of the molecule is CC(C)C1=CN=C(C(C)C)C1.CC(C)c1cnc(C(C)C)[nH]1. The van der Waals surface area contributed by atoms with Gasteiger partial charge in [0.15, 0.2) is 0 Å². The largest absolute Gasteiger partial charge is 0.345 e. The second-order valence-corrected chi connectivity index (χ2v) is 7.34. The van der Waals surface area contributed by atoms with E-state index in [0.717, 1.165) is 12.2 Å². The van der Waals surface area contributed by atoms with E-state index >= 15 is 0 Å². The lowest BCUT2D eigenvalue weighted by molar-refractivity contribution is 0.750. The fourth-order valence-electron chi connectivity index (χ4n) is 2.11. The van der Waals surface area contributed by atoms with Gasteiger partial charge in [-0.2, -0.15) is 0 Å². The van der Waals surface area contributed by atoms with Gasteiger partial charge in [0.25, 0.3) is 0 Å². The van der Waals surface area contributed by atoms with Gasteiger partial charge >= 0.3 is 0 Å². The third-order valence-electron chi connectivity index (χ3n) is 3.97. The average molecular weight is 303 g/mol. The van der Waals surface area contributed by atoms with E-state index in [9.17, 15) is 0 Å². The molecule has 0 saturated carbocycles. The Morgan fingerprint density at radius 1 is 0.864 bits per heavy atom. The molecule has 0 spiro atoms. The average Bonchev–Trinajstić information content (AvgIpc) is 3.09. The molecule has 0 aliphatic carbocycles. The number of nitrogens with one attached hydrogen (secondary N) is 1. The van der Waals surface area contributed by atoms with E-state index in [1.165, 1.54) is 17.0 Å². The Bertz CT molecular complexity index is 472. The molecule has 2 heterocycles. The van der Waals surface area contributed by atoms with E-state index in [4.69, 9.17) is 0 Å². The van der Waals surface area contributed by atoms with Crippen LogP contribution in [0.15, 0.2) is 23.0 Å². The summed E-state index contributed by atoms with van der Waals surface area (Å²) in [6.45, 7) is 17.5. The van der Waals surface area contributed by atoms with Crippen molar-refractivity contribution in [2.75, 3.05) is 0 Å². The summed E-state index contributed by atoms with van der Waals surface area (Å²) in [4.78, 5) is 12.0. The van der Waals surface area contributed by atoms with E-state index in [2.05, 4.69) is 70.4 Å². The molecule has 1 N–H and O–H groups in total. The summed E-state index contributed by atoms with van der Waals surface area (Å²) < 4.78 is 0. The molecule has 0 unspecified atom stereocenters. The molecule has 1 aromatic heterocycles. The van der Waals surface area contributed by atoms with Crippen molar-refractivity contribution in [3.63, 3.8) is 0 Å². The summed E-state index contributed by atoms with van der Waals surface area (Å²) in [5.74, 6) is 3.42. The lowest BCUT2D eigenvalue weighted by atomic mass is 9.96. The van der Waals surface area contributed by atoms with Crippen LogP contribution in [0, 0.1) is 11.8 Å². The molecule has 3 heteroatoms. The number of aromatic nitrogens is 2. The number of allylic oxidation sites excluding steroid dienone is 1. The van der Waals surface area contributed by atoms with E-state index in [-0.39, 0.29) is 0 Å². The van der Waals surface area contributed by atoms with Crippen molar-refractivity contribution in [3.05, 3.63) is 29.5 Å². The van der Waals surface area contributed by atoms with Gasteiger partial charge < -0.3 is 4.98 Å². The van der Waals surface area contributed by atoms with Gasteiger partial charge in [0.05, 0.1) is 0 Å². The minimum atomic E-state index is 0.502. The summed E-state index contributed by atoms with van der Waals surface area (Å²) in [6.07, 6.45) is 5.08. The van der Waals surface area contributed by atoms with Crippen LogP contribution in [0.5, 0.6) is 0 Å². The van der Waals surface area contributed by atoms with Gasteiger partial charge in [-0.25, -0.2) is 4.98 Å². The van der Waals surface area contributed by atoms with Crippen LogP contribution in [0.1, 0.15) is 85.2 Å². The summed E-state index contributed by atoms with van der Waals surface area (Å²) in [5.41, 5.74) is 4.05. The van der Waals surface area contributed by atoms with Gasteiger partial charge in [-0.05, 0) is 23.3 Å². The van der Waals surface area contributed by atoms with Crippen LogP contribution in [0.3, 0.4) is 0 Å². The first kappa shape index (κ1) is 18.7. The highest BCUT2D eigenvalue weighted by Crippen LogP contribution is 2.22. The second-order valence-electron chi connectivity index (χ2n) is 7.34. The number of aliphatic imine (C=N–C) groups is 1. The number of hydrogen-bond donors (Lipinski definition) is 1. The third kappa shape index (κ3) is 5.43. The highest BCUT2D eigenvalue weighted by molar-refractivity contribution is 5.90. The maximum Gasteiger partial charge on any atom is 0.108 e. The number of rotatable bonds is 4. The first-order valence-corrected chi connectivity index (χ1v) is 8.52. The molecule has 3 nitrogen and oxygen atoms in total. The number of imidazole rings is 1. The van der Waals surface area contributed by atoms with Gasteiger partial charge in [-0.3, -0.25) is 4.99 Å². The maximum absolute atomic E-state index is 4.39. The van der Waals surface area contributed by atoms with E-state index in [1.54, 1.807) is 0 Å². The molecule has 0 amide bonds. The standard InChI is InChI=1S/C10H17N.C9H16N2/c1-7(2)9-5-10(8(3)4)11-6-9;1-6(2)8-5-10-9(11-8)7(3)4/h6-8H,5H2,1-4H3;5-7H,1-4H3,(H,10,11). The van der Waals surface area contributed by atoms with Gasteiger partial charge in [-0.1, -0.05) is 55.4 Å². The van der Waals surface area contributed by atoms with Crippen LogP contribution in [0.2, 0.25) is 0 Å². The van der Waals surface area contributed by atoms with Crippen molar-refractivity contribution in [1.82, 2.24) is 9.97 Å². The number of hydrogen-bond acceptors (Lipinski definition) is 2. The Balaban J connectivity index is 0.000000220. The molecule has 0 atom stereocenters. The van der Waals surface area contributed by atoms with Crippen molar-refractivity contribution >= 4 is 5.71 Å². The van der Waals surface area contributed by atoms with Crippen molar-refractivity contribution in [1.29, 1.82) is 0 Å². The maximum atomic E-state index is 4.39. The molecule has 2 rings (SSSR count). The van der Waals surface area contributed by atoms with Crippen LogP contribution in [0.4, 0.5) is 0 Å². The molecule has 1 aromatic rings. The van der Waals surface area contributed by atoms with Gasteiger partial charge in [0.2, 0.25) is 0 Å². The van der Waals surface area contributed by atoms with Gasteiger partial charge in [0, 0.05) is 36.1 Å². The summed E-state index contributed by atoms with van der Waals surface area (Å²) in [5, 5.41) is 0. The van der Waals surface area contributed by atoms with E-state index in [0.29, 0.717) is 23.7 Å². The predicted octanol–water partition coefficient (Wildman–Crippen LogP) is 5.68. The van der Waals surface area contributed by atoms with Crippen molar-refractivity contribution < 1.29 is 0 Å². The molecule has 1 aliphatic heterocycles. The van der Waals surface area contributed by atoms with Crippen molar-refractivity contribution in [2.45, 2.75) is 73.6 Å². The molecule has 0 aromatic carbocycles. The molecule has 0 bridgehead atoms. The van der Waals surface area contributed by atoms with Crippen LogP contribution < -0.4 is 0 Å². The van der Waals surface area contributed by atoms with Crippen LogP contribution in [0.25, 0.3) is 0 Å². The normalized spacial score (nSPS) is 14.5. The summed E-state index contributed by atoms with van der Waals surface area (Å²) >= 11 is 0. The topological polar surface area (TPSA) is 41.0 Å². The first-order chi connectivity index (χ1) is 10.2. The Morgan fingerprint density at radius 3 is 1.77 bits per heavy atom. The molecular formula is C19H33N3. The van der Waals surface area contributed by atoms with Crippen LogP contribution in [-0.2, 0) is 0 Å². The molecule has 22 heavy (non-hydrogen) atoms. The van der Waals surface area contributed by atoms with Crippen molar-refractivity contribution in [2.24, 2.45) is 16.8 Å². The molecular weight excluding hydrogens is 270 g/mol. The Labute approximate surface area is 136 Å². The molecule has 0 saturated heterocycles. The minimum Gasteiger partial charge on any atom is -0.345 e. The zero-order valence-electron chi connectivity index (χ0n) is 15.6. The second kappa shape index (κ2) is 8.30. The monoisotopic (exact) mass is 303 g/mol. The lowest BCUT2D eigenvalue weighted by Gasteiger charge is -2.07. The zero-order valence-corrected chi connectivity index (χ0v) is 15.6. The fraction of sp³-hybridized carbons (Fsp3) is 0.684. The Hall–Kier alpha value is -1.38. The summed E-state index contributed by atoms with van der Waals surface area (Å²) in [6, 6.07) is 0. The van der Waals surface area contributed by atoms with E-state index < -0.39 is 0 Å². The van der Waals surface area contributed by atoms with Crippen LogP contribution in [-0.4, -0.2) is 15.7 Å². The third-order valence-corrected chi connectivity index (χ3v) is 3.97. The molecule has 124 valence electrons. The number of aromatic amines is 1. The van der Waals surface area contributed by atoms with Crippen molar-refractivity contribution in [3.8, 4) is 0 Å². The molecule has 0 radical (unpaired) electrons. The van der Waals surface area contributed by atoms with Gasteiger partial charge in [0.1, 0.15) is 5.82 Å². The first-order valence-electron chi connectivity index (χ1n) is 8.52. The highest BCUT2D eigenvalue weighted by Gasteiger charge is 2.14. The van der Waals surface area contributed by atoms with Crippen LogP contribution >= 0.6 is 0 Å². The van der Waals surface area contributed by atoms with Gasteiger partial charge in [-0.15, -0.1) is 0 Å². The number of nitrogens with zero attached hydrogens (tertiary/aromatic N) is 2. The highest BCUT2D eigenvalue weighted by atomic mass is 14.9. The smallest absolute Gasteiger partial charge is 0.108 e. The Kier molecular flexibility index (Phi) is 7.05. The number of H-pyrrole nitrogens is 1. The summed E-state index contributed by atoms with van der Waals surface area (Å²) in [7, 11) is 0. The quantitative estimate of drug-likeness (QED) is 0.763. The van der Waals surface area contributed by atoms with E-state index in [1.807, 2.05) is 12.4 Å². The minimum absolute atomic E-state index is 0.502. The fourth-order valence-corrected chi connectivity index (χ4v) is 2.11. The lowest BCUT2D eigenvalue weighted by Crippen LogP contribution is -2.06. The molecule has 0 fully saturated rings.